The zero-order valence-corrected chi connectivity index (χ0v) is 13.0. The highest BCUT2D eigenvalue weighted by molar-refractivity contribution is 5.86. The van der Waals surface area contributed by atoms with Crippen LogP contribution in [0.4, 0.5) is 0 Å². The number of rotatable bonds is 4. The van der Waals surface area contributed by atoms with Gasteiger partial charge in [0.05, 0.1) is 12.1 Å². The Morgan fingerprint density at radius 2 is 2.05 bits per heavy atom. The average Bonchev–Trinajstić information content (AvgIpc) is 2.70. The topological polar surface area (TPSA) is 44.8 Å². The first-order valence-corrected chi connectivity index (χ1v) is 7.91. The number of carbonyl (C=O) groups excluding carboxylic acids is 1. The lowest BCUT2D eigenvalue weighted by Gasteiger charge is -2.37. The van der Waals surface area contributed by atoms with Crippen LogP contribution in [-0.2, 0) is 9.53 Å². The molecule has 0 spiro atoms. The van der Waals surface area contributed by atoms with E-state index < -0.39 is 0 Å². The molecule has 5 nitrogen and oxygen atoms in total. The van der Waals surface area contributed by atoms with E-state index in [1.807, 2.05) is 0 Å². The van der Waals surface area contributed by atoms with E-state index in [0.29, 0.717) is 5.91 Å². The molecule has 1 atom stereocenters. The Morgan fingerprint density at radius 1 is 1.20 bits per heavy atom. The molecule has 2 fully saturated rings. The second kappa shape index (κ2) is 7.38. The highest BCUT2D eigenvalue weighted by Gasteiger charge is 2.37. The van der Waals surface area contributed by atoms with Crippen LogP contribution in [0.5, 0.6) is 0 Å². The number of hydrogen-bond donors (Lipinski definition) is 1. The molecule has 116 valence electrons. The predicted octanol–water partition coefficient (Wildman–Crippen LogP) is 0.699. The van der Waals surface area contributed by atoms with Crippen LogP contribution in [0.3, 0.4) is 0 Å². The molecule has 0 saturated carbocycles. The number of amides is 1. The van der Waals surface area contributed by atoms with E-state index in [2.05, 4.69) is 22.0 Å². The molecule has 0 aromatic rings. The van der Waals surface area contributed by atoms with Crippen LogP contribution in [0.25, 0.3) is 0 Å². The SMILES string of the molecule is COCCN1CCCN(C(=O)C2(C)CCCCN2)CC1. The van der Waals surface area contributed by atoms with Gasteiger partial charge in [-0.3, -0.25) is 9.69 Å². The maximum absolute atomic E-state index is 12.8. The number of methoxy groups -OCH3 is 1. The molecule has 2 aliphatic rings. The van der Waals surface area contributed by atoms with Crippen molar-refractivity contribution in [3.63, 3.8) is 0 Å². The molecule has 0 bridgehead atoms. The second-order valence-corrected chi connectivity index (χ2v) is 6.20. The smallest absolute Gasteiger partial charge is 0.242 e. The highest BCUT2D eigenvalue weighted by Crippen LogP contribution is 2.22. The molecule has 0 aromatic carbocycles. The van der Waals surface area contributed by atoms with Crippen molar-refractivity contribution in [3.8, 4) is 0 Å². The van der Waals surface area contributed by atoms with Gasteiger partial charge in [-0.05, 0) is 45.7 Å². The summed E-state index contributed by atoms with van der Waals surface area (Å²) in [6, 6.07) is 0. The lowest BCUT2D eigenvalue weighted by molar-refractivity contribution is -0.138. The van der Waals surface area contributed by atoms with Gasteiger partial charge in [-0.15, -0.1) is 0 Å². The van der Waals surface area contributed by atoms with Crippen LogP contribution in [0.1, 0.15) is 32.6 Å². The summed E-state index contributed by atoms with van der Waals surface area (Å²) < 4.78 is 5.14. The van der Waals surface area contributed by atoms with Crippen molar-refractivity contribution in [1.29, 1.82) is 0 Å². The van der Waals surface area contributed by atoms with Crippen LogP contribution >= 0.6 is 0 Å². The van der Waals surface area contributed by atoms with Crippen molar-refractivity contribution >= 4 is 5.91 Å². The summed E-state index contributed by atoms with van der Waals surface area (Å²) >= 11 is 0. The third-order valence-corrected chi connectivity index (χ3v) is 4.58. The number of carbonyl (C=O) groups is 1. The van der Waals surface area contributed by atoms with Crippen molar-refractivity contribution in [3.05, 3.63) is 0 Å². The van der Waals surface area contributed by atoms with Crippen LogP contribution in [0, 0.1) is 0 Å². The summed E-state index contributed by atoms with van der Waals surface area (Å²) in [5.74, 6) is 0.297. The van der Waals surface area contributed by atoms with Crippen LogP contribution in [0.15, 0.2) is 0 Å². The number of nitrogens with zero attached hydrogens (tertiary/aromatic N) is 2. The molecule has 2 heterocycles. The summed E-state index contributed by atoms with van der Waals surface area (Å²) in [7, 11) is 1.74. The summed E-state index contributed by atoms with van der Waals surface area (Å²) in [5, 5.41) is 3.43. The predicted molar refractivity (Wildman–Crippen MR) is 79.8 cm³/mol. The summed E-state index contributed by atoms with van der Waals surface area (Å²) in [6.45, 7) is 8.54. The molecule has 1 amide bonds. The zero-order chi connectivity index (χ0) is 14.4. The third kappa shape index (κ3) is 3.93. The molecule has 2 rings (SSSR count). The van der Waals surface area contributed by atoms with E-state index in [1.54, 1.807) is 7.11 Å². The van der Waals surface area contributed by atoms with Gasteiger partial charge in [0.15, 0.2) is 0 Å². The Balaban J connectivity index is 1.87. The average molecular weight is 283 g/mol. The minimum atomic E-state index is -0.333. The molecular weight excluding hydrogens is 254 g/mol. The third-order valence-electron chi connectivity index (χ3n) is 4.58. The molecule has 2 saturated heterocycles. The number of nitrogens with one attached hydrogen (secondary N) is 1. The molecule has 0 aromatic heterocycles. The van der Waals surface area contributed by atoms with Crippen molar-refractivity contribution in [2.24, 2.45) is 0 Å². The summed E-state index contributed by atoms with van der Waals surface area (Å²) in [5.41, 5.74) is -0.333. The fraction of sp³-hybridized carbons (Fsp3) is 0.933. The van der Waals surface area contributed by atoms with Gasteiger partial charge < -0.3 is 15.0 Å². The van der Waals surface area contributed by atoms with Gasteiger partial charge >= 0.3 is 0 Å². The zero-order valence-electron chi connectivity index (χ0n) is 13.0. The largest absolute Gasteiger partial charge is 0.383 e. The molecule has 2 aliphatic heterocycles. The Morgan fingerprint density at radius 3 is 2.75 bits per heavy atom. The Labute approximate surface area is 122 Å². The quantitative estimate of drug-likeness (QED) is 0.825. The fourth-order valence-electron chi connectivity index (χ4n) is 3.21. The first kappa shape index (κ1) is 15.7. The fourth-order valence-corrected chi connectivity index (χ4v) is 3.21. The van der Waals surface area contributed by atoms with E-state index in [0.717, 1.165) is 65.1 Å². The van der Waals surface area contributed by atoms with Gasteiger partial charge in [-0.2, -0.15) is 0 Å². The lowest BCUT2D eigenvalue weighted by Crippen LogP contribution is -2.58. The van der Waals surface area contributed by atoms with E-state index in [1.165, 1.54) is 6.42 Å². The van der Waals surface area contributed by atoms with Gasteiger partial charge in [0, 0.05) is 33.3 Å². The first-order chi connectivity index (χ1) is 9.65. The number of ether oxygens (including phenoxy) is 1. The van der Waals surface area contributed by atoms with E-state index >= 15 is 0 Å². The van der Waals surface area contributed by atoms with E-state index in [9.17, 15) is 4.79 Å². The summed E-state index contributed by atoms with van der Waals surface area (Å²) in [4.78, 5) is 17.2. The minimum Gasteiger partial charge on any atom is -0.383 e. The Hall–Kier alpha value is -0.650. The molecular formula is C15H29N3O2. The normalized spacial score (nSPS) is 29.2. The minimum absolute atomic E-state index is 0.297. The highest BCUT2D eigenvalue weighted by atomic mass is 16.5. The van der Waals surface area contributed by atoms with Gasteiger partial charge in [0.1, 0.15) is 0 Å². The molecule has 0 aliphatic carbocycles. The van der Waals surface area contributed by atoms with E-state index in [4.69, 9.17) is 4.74 Å². The van der Waals surface area contributed by atoms with Crippen LogP contribution < -0.4 is 5.32 Å². The van der Waals surface area contributed by atoms with Crippen LogP contribution in [0.2, 0.25) is 0 Å². The Bertz CT molecular complexity index is 316. The maximum atomic E-state index is 12.8. The molecule has 5 heteroatoms. The van der Waals surface area contributed by atoms with Crippen molar-refractivity contribution in [2.45, 2.75) is 38.1 Å². The van der Waals surface area contributed by atoms with Gasteiger partial charge in [-0.1, -0.05) is 0 Å². The second-order valence-electron chi connectivity index (χ2n) is 6.20. The van der Waals surface area contributed by atoms with Gasteiger partial charge in [0.2, 0.25) is 5.91 Å². The Kier molecular flexibility index (Phi) is 5.81. The van der Waals surface area contributed by atoms with Crippen molar-refractivity contribution in [1.82, 2.24) is 15.1 Å². The monoisotopic (exact) mass is 283 g/mol. The molecule has 1 unspecified atom stereocenters. The molecule has 1 N–H and O–H groups in total. The van der Waals surface area contributed by atoms with Gasteiger partial charge in [0.25, 0.3) is 0 Å². The van der Waals surface area contributed by atoms with Crippen LogP contribution in [-0.4, -0.2) is 74.2 Å². The lowest BCUT2D eigenvalue weighted by atomic mass is 9.89. The van der Waals surface area contributed by atoms with Crippen molar-refractivity contribution in [2.75, 3.05) is 53.0 Å². The molecule has 20 heavy (non-hydrogen) atoms. The summed E-state index contributed by atoms with van der Waals surface area (Å²) in [6.07, 6.45) is 4.37. The number of hydrogen-bond acceptors (Lipinski definition) is 4. The van der Waals surface area contributed by atoms with Crippen molar-refractivity contribution < 1.29 is 9.53 Å². The number of piperidine rings is 1. The molecule has 0 radical (unpaired) electrons. The maximum Gasteiger partial charge on any atom is 0.242 e. The first-order valence-electron chi connectivity index (χ1n) is 7.91. The van der Waals surface area contributed by atoms with E-state index in [-0.39, 0.29) is 5.54 Å². The standard InChI is InChI=1S/C15H29N3O2/c1-15(6-3-4-7-16-15)14(19)18-9-5-8-17(10-11-18)12-13-20-2/h16H,3-13H2,1-2H3. The van der Waals surface area contributed by atoms with Gasteiger partial charge in [-0.25, -0.2) is 0 Å².